The van der Waals surface area contributed by atoms with E-state index in [1.54, 1.807) is 12.1 Å². The van der Waals surface area contributed by atoms with Gasteiger partial charge in [-0.1, -0.05) is 38.3 Å². The van der Waals surface area contributed by atoms with E-state index in [2.05, 4.69) is 6.92 Å². The normalized spacial score (nSPS) is 19.2. The molecule has 2 aromatic rings. The lowest BCUT2D eigenvalue weighted by Crippen LogP contribution is -2.67. The van der Waals surface area contributed by atoms with Gasteiger partial charge >= 0.3 is 47.8 Å². The van der Waals surface area contributed by atoms with Crippen molar-refractivity contribution < 1.29 is 67.0 Å². The SMILES string of the molecule is CCCCCCc1ccc(C(=O)Oc2ccc(NC(=O)C(F)(F)C(F)(F)N3C(F)(F)C(F)(F)C(F)(F)C3(F)F)cc2)cc1. The number of benzene rings is 2. The van der Waals surface area contributed by atoms with Gasteiger partial charge in [-0.05, 0) is 54.8 Å². The Hall–Kier alpha value is -3.50. The molecule has 0 atom stereocenters. The number of ether oxygens (including phenoxy) is 1. The second kappa shape index (κ2) is 11.5. The Morgan fingerprint density at radius 2 is 1.28 bits per heavy atom. The van der Waals surface area contributed by atoms with Crippen LogP contribution in [0.3, 0.4) is 0 Å². The van der Waals surface area contributed by atoms with Crippen molar-refractivity contribution in [3.63, 3.8) is 0 Å². The van der Waals surface area contributed by atoms with Crippen molar-refractivity contribution in [2.45, 2.75) is 74.9 Å². The second-order valence-corrected chi connectivity index (χ2v) is 9.56. The summed E-state index contributed by atoms with van der Waals surface area (Å²) in [5.41, 5.74) is 0.265. The van der Waals surface area contributed by atoms with E-state index in [0.29, 0.717) is 12.1 Å². The molecule has 43 heavy (non-hydrogen) atoms. The number of carbonyl (C=O) groups excluding carboxylic acids is 2. The van der Waals surface area contributed by atoms with Gasteiger partial charge in [0.25, 0.3) is 0 Å². The molecule has 0 radical (unpaired) electrons. The zero-order valence-corrected chi connectivity index (χ0v) is 21.9. The fourth-order valence-electron chi connectivity index (χ4n) is 4.01. The van der Waals surface area contributed by atoms with Crippen molar-refractivity contribution in [3.05, 3.63) is 59.7 Å². The van der Waals surface area contributed by atoms with Crippen LogP contribution in [-0.4, -0.2) is 52.7 Å². The molecule has 0 unspecified atom stereocenters. The maximum atomic E-state index is 14.3. The summed E-state index contributed by atoms with van der Waals surface area (Å²) in [5, 5.41) is 1.05. The number of unbranched alkanes of at least 4 members (excludes halogenated alkanes) is 3. The number of hydrogen-bond donors (Lipinski definition) is 1. The number of anilines is 1. The van der Waals surface area contributed by atoms with Crippen molar-refractivity contribution in [2.24, 2.45) is 0 Å². The summed E-state index contributed by atoms with van der Waals surface area (Å²) in [6, 6.07) is -12.3. The molecule has 0 saturated carbocycles. The number of likely N-dealkylation sites (tertiary alicyclic amines) is 1. The number of hydrogen-bond acceptors (Lipinski definition) is 4. The van der Waals surface area contributed by atoms with Crippen molar-refractivity contribution in [2.75, 3.05) is 5.32 Å². The molecule has 0 aliphatic carbocycles. The van der Waals surface area contributed by atoms with Crippen LogP contribution >= 0.6 is 0 Å². The number of carbonyl (C=O) groups is 2. The number of aryl methyl sites for hydroxylation is 1. The van der Waals surface area contributed by atoms with Crippen LogP contribution in [0.4, 0.5) is 58.4 Å². The van der Waals surface area contributed by atoms with Crippen molar-refractivity contribution >= 4 is 17.6 Å². The Kier molecular flexibility index (Phi) is 9.12. The zero-order valence-electron chi connectivity index (χ0n) is 21.9. The monoisotopic (exact) mass is 638 g/mol. The predicted molar refractivity (Wildman–Crippen MR) is 126 cm³/mol. The fourth-order valence-corrected chi connectivity index (χ4v) is 4.01. The Morgan fingerprint density at radius 3 is 1.77 bits per heavy atom. The lowest BCUT2D eigenvalue weighted by Gasteiger charge is -2.37. The Morgan fingerprint density at radius 1 is 0.767 bits per heavy atom. The molecule has 1 saturated heterocycles. The summed E-state index contributed by atoms with van der Waals surface area (Å²) in [7, 11) is 0. The van der Waals surface area contributed by atoms with Gasteiger partial charge in [-0.3, -0.25) is 4.79 Å². The summed E-state index contributed by atoms with van der Waals surface area (Å²) < 4.78 is 170. The average molecular weight is 638 g/mol. The maximum absolute atomic E-state index is 14.3. The van der Waals surface area contributed by atoms with Gasteiger partial charge in [-0.15, -0.1) is 4.90 Å². The highest BCUT2D eigenvalue weighted by atomic mass is 19.4. The molecule has 17 heteroatoms. The Labute approximate surface area is 235 Å². The highest BCUT2D eigenvalue weighted by molar-refractivity contribution is 5.97. The van der Waals surface area contributed by atoms with Crippen LogP contribution in [0.5, 0.6) is 5.75 Å². The van der Waals surface area contributed by atoms with Crippen molar-refractivity contribution in [1.29, 1.82) is 0 Å². The van der Waals surface area contributed by atoms with E-state index in [1.807, 2.05) is 0 Å². The number of alkyl halides is 12. The first-order valence-electron chi connectivity index (χ1n) is 12.5. The third-order valence-corrected chi connectivity index (χ3v) is 6.49. The molecule has 0 spiro atoms. The van der Waals surface area contributed by atoms with Crippen LogP contribution in [0.15, 0.2) is 48.5 Å². The molecule has 1 fully saturated rings. The molecule has 1 N–H and O–H groups in total. The molecule has 0 aromatic heterocycles. The summed E-state index contributed by atoms with van der Waals surface area (Å²) in [6.45, 7) is 2.07. The Balaban J connectivity index is 1.70. The van der Waals surface area contributed by atoms with E-state index in [4.69, 9.17) is 4.74 Å². The lowest BCUT2D eigenvalue weighted by molar-refractivity contribution is -0.399. The molecule has 3 rings (SSSR count). The highest BCUT2D eigenvalue weighted by Gasteiger charge is 2.98. The van der Waals surface area contributed by atoms with Gasteiger partial charge in [0.05, 0.1) is 5.56 Å². The molecule has 2 aromatic carbocycles. The van der Waals surface area contributed by atoms with Crippen LogP contribution in [0.25, 0.3) is 0 Å². The van der Waals surface area contributed by atoms with Crippen LogP contribution < -0.4 is 10.1 Å². The van der Waals surface area contributed by atoms with Crippen LogP contribution in [-0.2, 0) is 11.2 Å². The highest BCUT2D eigenvalue weighted by Crippen LogP contribution is 2.66. The summed E-state index contributed by atoms with van der Waals surface area (Å²) in [6.07, 6.45) is 4.93. The van der Waals surface area contributed by atoms with Crippen molar-refractivity contribution in [1.82, 2.24) is 4.90 Å². The first-order chi connectivity index (χ1) is 19.7. The van der Waals surface area contributed by atoms with Crippen molar-refractivity contribution in [3.8, 4) is 5.75 Å². The molecule has 1 aliphatic heterocycles. The van der Waals surface area contributed by atoms with Gasteiger partial charge < -0.3 is 10.1 Å². The van der Waals surface area contributed by atoms with Gasteiger partial charge in [0.1, 0.15) is 5.75 Å². The van der Waals surface area contributed by atoms with E-state index in [-0.39, 0.29) is 11.3 Å². The van der Waals surface area contributed by atoms with Gasteiger partial charge in [-0.25, -0.2) is 4.79 Å². The number of amides is 1. The van der Waals surface area contributed by atoms with Gasteiger partial charge in [0.15, 0.2) is 0 Å². The quantitative estimate of drug-likeness (QED) is 0.0893. The van der Waals surface area contributed by atoms with E-state index in [1.165, 1.54) is 12.1 Å². The standard InChI is InChI=1S/C26H22F12N2O3/c1-2-3-4-5-6-15-7-9-16(10-8-15)19(41)43-18-13-11-17(12-14-18)39-20(42)21(27,28)24(33,34)40-25(35,36)22(29,30)23(31,32)26(40,37)38/h7-14H,2-6H2,1H3,(H,39,42). The number of halogens is 12. The van der Waals surface area contributed by atoms with Gasteiger partial charge in [-0.2, -0.15) is 52.7 Å². The summed E-state index contributed by atoms with van der Waals surface area (Å²) in [4.78, 5) is 20.5. The molecule has 1 amide bonds. The predicted octanol–water partition coefficient (Wildman–Crippen LogP) is 7.97. The topological polar surface area (TPSA) is 58.6 Å². The molecule has 238 valence electrons. The molecular formula is C26H22F12N2O3. The number of nitrogens with zero attached hydrogens (tertiary/aromatic N) is 1. The lowest BCUT2D eigenvalue weighted by atomic mass is 10.0. The van der Waals surface area contributed by atoms with E-state index < -0.39 is 58.4 Å². The van der Waals surface area contributed by atoms with Gasteiger partial charge in [0, 0.05) is 5.69 Å². The smallest absolute Gasteiger partial charge is 0.401 e. The first-order valence-corrected chi connectivity index (χ1v) is 12.5. The number of esters is 1. The summed E-state index contributed by atoms with van der Waals surface area (Å²) in [5.74, 6) is -25.6. The minimum absolute atomic E-state index is 0.114. The molecule has 1 heterocycles. The Bertz CT molecular complexity index is 1290. The fraction of sp³-hybridized carbons (Fsp3) is 0.462. The second-order valence-electron chi connectivity index (χ2n) is 9.56. The summed E-state index contributed by atoms with van der Waals surface area (Å²) >= 11 is 0. The van der Waals surface area contributed by atoms with E-state index in [0.717, 1.165) is 55.1 Å². The third-order valence-electron chi connectivity index (χ3n) is 6.49. The van der Waals surface area contributed by atoms with E-state index in [9.17, 15) is 62.3 Å². The number of rotatable bonds is 11. The largest absolute Gasteiger partial charge is 0.423 e. The average Bonchev–Trinajstić information content (AvgIpc) is 2.98. The number of nitrogens with one attached hydrogen (secondary N) is 1. The molecule has 0 bridgehead atoms. The molecule has 5 nitrogen and oxygen atoms in total. The van der Waals surface area contributed by atoms with Crippen LogP contribution in [0.1, 0.15) is 48.5 Å². The minimum Gasteiger partial charge on any atom is -0.423 e. The minimum atomic E-state index is -7.27. The third kappa shape index (κ3) is 5.74. The molecule has 1 aliphatic rings. The van der Waals surface area contributed by atoms with Gasteiger partial charge in [0.2, 0.25) is 0 Å². The van der Waals surface area contributed by atoms with Crippen LogP contribution in [0.2, 0.25) is 0 Å². The van der Waals surface area contributed by atoms with Crippen LogP contribution in [0, 0.1) is 0 Å². The maximum Gasteiger partial charge on any atom is 0.401 e. The first kappa shape index (κ1) is 34.0. The molecular weight excluding hydrogens is 616 g/mol. The zero-order chi connectivity index (χ0) is 32.6. The van der Waals surface area contributed by atoms with E-state index >= 15 is 0 Å².